The second-order valence-corrected chi connectivity index (χ2v) is 14.3. The first-order valence-electron chi connectivity index (χ1n) is 20.0. The lowest BCUT2D eigenvalue weighted by atomic mass is 9.83. The first kappa shape index (κ1) is 42.3. The van der Waals surface area contributed by atoms with Crippen molar-refractivity contribution >= 4 is 23.5 Å². The number of nitrogens with one attached hydrogen (secondary N) is 1. The standard InChI is InChI=1S/C45H50N2O12/c48-30-31-9-11-33(12-10-31)41-40(32-5-2-1-3-6-32)39(29-47-15-17-52-19-21-54-23-25-56-26-24-55-22-20-53-18-16-47)57-45(58-41)35-7-4-8-36(27-35)46-42(49)34-13-14-37-38(28-34)44(51)59-43(37)50/h1-14,27-28,39-41,45,48H,15-26,29-30H2,(H,46,49). The summed E-state index contributed by atoms with van der Waals surface area (Å²) in [5.41, 5.74) is 4.27. The number of ether oxygens (including phenoxy) is 8. The Morgan fingerprint density at radius 1 is 0.627 bits per heavy atom. The Balaban J connectivity index is 1.15. The fraction of sp³-hybridized carbons (Fsp3) is 0.400. The molecule has 7 rings (SSSR count). The number of carbonyl (C=O) groups excluding carboxylic acids is 3. The highest BCUT2D eigenvalue weighted by molar-refractivity contribution is 6.16. The second kappa shape index (κ2) is 21.4. The van der Waals surface area contributed by atoms with Crippen molar-refractivity contribution in [2.24, 2.45) is 0 Å². The smallest absolute Gasteiger partial charge is 0.346 e. The molecule has 2 saturated heterocycles. The number of aliphatic hydroxyl groups is 1. The lowest BCUT2D eigenvalue weighted by Crippen LogP contribution is -2.46. The van der Waals surface area contributed by atoms with Crippen LogP contribution in [-0.2, 0) is 44.5 Å². The van der Waals surface area contributed by atoms with E-state index in [1.165, 1.54) is 18.2 Å². The molecular weight excluding hydrogens is 760 g/mol. The molecule has 0 aromatic heterocycles. The lowest BCUT2D eigenvalue weighted by molar-refractivity contribution is -0.263. The molecule has 0 spiro atoms. The predicted molar refractivity (Wildman–Crippen MR) is 214 cm³/mol. The molecule has 3 aliphatic heterocycles. The van der Waals surface area contributed by atoms with Crippen LogP contribution < -0.4 is 5.32 Å². The molecule has 14 heteroatoms. The van der Waals surface area contributed by atoms with Gasteiger partial charge in [0.1, 0.15) is 0 Å². The molecule has 2 fully saturated rings. The van der Waals surface area contributed by atoms with E-state index < -0.39 is 36.3 Å². The number of fused-ring (bicyclic) bond motifs is 1. The minimum absolute atomic E-state index is 0.0500. The third-order valence-electron chi connectivity index (χ3n) is 10.3. The van der Waals surface area contributed by atoms with Gasteiger partial charge in [-0.3, -0.25) is 9.69 Å². The molecule has 14 nitrogen and oxygen atoms in total. The van der Waals surface area contributed by atoms with Crippen LogP contribution in [0.5, 0.6) is 0 Å². The van der Waals surface area contributed by atoms with E-state index in [2.05, 4.69) is 22.3 Å². The third-order valence-corrected chi connectivity index (χ3v) is 10.3. The fourth-order valence-electron chi connectivity index (χ4n) is 7.28. The number of hydrogen-bond acceptors (Lipinski definition) is 13. The lowest BCUT2D eigenvalue weighted by Gasteiger charge is -2.44. The van der Waals surface area contributed by atoms with Crippen molar-refractivity contribution in [2.45, 2.75) is 31.0 Å². The van der Waals surface area contributed by atoms with Gasteiger partial charge < -0.3 is 48.3 Å². The first-order chi connectivity index (χ1) is 29.0. The van der Waals surface area contributed by atoms with Gasteiger partial charge in [0.2, 0.25) is 0 Å². The Kier molecular flexibility index (Phi) is 15.3. The van der Waals surface area contributed by atoms with Crippen LogP contribution in [0.1, 0.15) is 71.6 Å². The highest BCUT2D eigenvalue weighted by Gasteiger charge is 2.42. The highest BCUT2D eigenvalue weighted by Crippen LogP contribution is 2.47. The molecule has 59 heavy (non-hydrogen) atoms. The van der Waals surface area contributed by atoms with Gasteiger partial charge in [-0.15, -0.1) is 0 Å². The van der Waals surface area contributed by atoms with Gasteiger partial charge in [0, 0.05) is 42.4 Å². The zero-order chi connectivity index (χ0) is 40.8. The number of anilines is 1. The summed E-state index contributed by atoms with van der Waals surface area (Å²) < 4.78 is 47.5. The van der Waals surface area contributed by atoms with E-state index in [0.717, 1.165) is 16.7 Å². The number of amides is 1. The van der Waals surface area contributed by atoms with E-state index in [1.807, 2.05) is 54.6 Å². The Morgan fingerprint density at radius 2 is 1.24 bits per heavy atom. The number of benzene rings is 4. The van der Waals surface area contributed by atoms with Gasteiger partial charge >= 0.3 is 11.9 Å². The molecule has 4 unspecified atom stereocenters. The molecular formula is C45H50N2O12. The average Bonchev–Trinajstić information content (AvgIpc) is 3.55. The van der Waals surface area contributed by atoms with Gasteiger partial charge in [0.25, 0.3) is 5.91 Å². The number of aliphatic hydroxyl groups excluding tert-OH is 1. The number of rotatable bonds is 8. The van der Waals surface area contributed by atoms with Crippen LogP contribution in [0.25, 0.3) is 0 Å². The molecule has 0 radical (unpaired) electrons. The minimum atomic E-state index is -0.841. The van der Waals surface area contributed by atoms with Crippen molar-refractivity contribution < 1.29 is 57.4 Å². The second-order valence-electron chi connectivity index (χ2n) is 14.3. The van der Waals surface area contributed by atoms with E-state index in [0.29, 0.717) is 97.0 Å². The summed E-state index contributed by atoms with van der Waals surface area (Å²) >= 11 is 0. The number of hydrogen-bond donors (Lipinski definition) is 2. The van der Waals surface area contributed by atoms with Gasteiger partial charge in [-0.1, -0.05) is 66.7 Å². The summed E-state index contributed by atoms with van der Waals surface area (Å²) in [6.45, 7) is 6.38. The zero-order valence-corrected chi connectivity index (χ0v) is 32.8. The molecule has 4 aromatic rings. The van der Waals surface area contributed by atoms with Crippen molar-refractivity contribution in [3.05, 3.63) is 136 Å². The topological polar surface area (TPSA) is 161 Å². The predicted octanol–water partition coefficient (Wildman–Crippen LogP) is 5.08. The van der Waals surface area contributed by atoms with Crippen molar-refractivity contribution in [3.63, 3.8) is 0 Å². The largest absolute Gasteiger partial charge is 0.392 e. The summed E-state index contributed by atoms with van der Waals surface area (Å²) in [5.74, 6) is -2.23. The highest BCUT2D eigenvalue weighted by atomic mass is 16.7. The van der Waals surface area contributed by atoms with Gasteiger partial charge in [0.15, 0.2) is 6.29 Å². The minimum Gasteiger partial charge on any atom is -0.392 e. The first-order valence-corrected chi connectivity index (χ1v) is 20.0. The molecule has 2 N–H and O–H groups in total. The molecule has 4 aromatic carbocycles. The Hall–Kier alpha value is -4.87. The van der Waals surface area contributed by atoms with Gasteiger partial charge in [0.05, 0.1) is 96.0 Å². The molecule has 0 aliphatic carbocycles. The number of esters is 2. The summed E-state index contributed by atoms with van der Waals surface area (Å²) in [7, 11) is 0. The molecule has 312 valence electrons. The maximum Gasteiger partial charge on any atom is 0.346 e. The summed E-state index contributed by atoms with van der Waals surface area (Å²) in [5, 5.41) is 12.7. The monoisotopic (exact) mass is 810 g/mol. The van der Waals surface area contributed by atoms with Crippen LogP contribution in [0.2, 0.25) is 0 Å². The average molecular weight is 811 g/mol. The molecule has 3 heterocycles. The van der Waals surface area contributed by atoms with Gasteiger partial charge in [-0.2, -0.15) is 0 Å². The molecule has 3 aliphatic rings. The van der Waals surface area contributed by atoms with E-state index >= 15 is 0 Å². The maximum absolute atomic E-state index is 13.4. The summed E-state index contributed by atoms with van der Waals surface area (Å²) in [6.07, 6.45) is -1.70. The molecule has 0 saturated carbocycles. The van der Waals surface area contributed by atoms with Crippen molar-refractivity contribution in [2.75, 3.05) is 91.0 Å². The molecule has 0 bridgehead atoms. The van der Waals surface area contributed by atoms with E-state index in [4.69, 9.17) is 37.9 Å². The van der Waals surface area contributed by atoms with Gasteiger partial charge in [-0.05, 0) is 47.0 Å². The van der Waals surface area contributed by atoms with Crippen LogP contribution in [0.3, 0.4) is 0 Å². The SMILES string of the molecule is O=C(Nc1cccc(C2OC(CN3CCOCCOCCOCCOCCOCC3)C(c3ccccc3)C(c3ccc(CO)cc3)O2)c1)c1ccc2c(c1)C(=O)OC2=O. The van der Waals surface area contributed by atoms with Crippen molar-refractivity contribution in [1.29, 1.82) is 0 Å². The van der Waals surface area contributed by atoms with Crippen LogP contribution in [0.15, 0.2) is 97.1 Å². The van der Waals surface area contributed by atoms with E-state index in [9.17, 15) is 19.5 Å². The van der Waals surface area contributed by atoms with Gasteiger partial charge in [-0.25, -0.2) is 9.59 Å². The van der Waals surface area contributed by atoms with Crippen molar-refractivity contribution in [3.8, 4) is 0 Å². The molecule has 1 amide bonds. The van der Waals surface area contributed by atoms with E-state index in [1.54, 1.807) is 12.1 Å². The number of cyclic esters (lactones) is 2. The maximum atomic E-state index is 13.4. The zero-order valence-electron chi connectivity index (χ0n) is 32.8. The Morgan fingerprint density at radius 3 is 1.88 bits per heavy atom. The Bertz CT molecular complexity index is 1980. The van der Waals surface area contributed by atoms with Crippen LogP contribution in [0, 0.1) is 0 Å². The van der Waals surface area contributed by atoms with Crippen molar-refractivity contribution in [1.82, 2.24) is 4.90 Å². The molecule has 4 atom stereocenters. The number of carbonyl (C=O) groups is 3. The summed E-state index contributed by atoms with van der Waals surface area (Å²) in [4.78, 5) is 39.8. The number of nitrogens with zero attached hydrogens (tertiary/aromatic N) is 1. The normalized spacial score (nSPS) is 23.1. The fourth-order valence-corrected chi connectivity index (χ4v) is 7.28. The third kappa shape index (κ3) is 11.5. The quantitative estimate of drug-likeness (QED) is 0.179. The van der Waals surface area contributed by atoms with Crippen LogP contribution in [-0.4, -0.2) is 120 Å². The van der Waals surface area contributed by atoms with E-state index in [-0.39, 0.29) is 29.2 Å². The van der Waals surface area contributed by atoms with Crippen LogP contribution >= 0.6 is 0 Å². The van der Waals surface area contributed by atoms with Crippen LogP contribution in [0.4, 0.5) is 5.69 Å². The Labute approximate surface area is 343 Å². The summed E-state index contributed by atoms with van der Waals surface area (Å²) in [6, 6.07) is 29.4.